The van der Waals surface area contributed by atoms with E-state index in [-0.39, 0.29) is 11.0 Å². The Kier molecular flexibility index (Phi) is 4.38. The van der Waals surface area contributed by atoms with Gasteiger partial charge in [-0.1, -0.05) is 13.8 Å². The highest BCUT2D eigenvalue weighted by atomic mass is 16.5. The van der Waals surface area contributed by atoms with Crippen LogP contribution in [-0.4, -0.2) is 49.0 Å². The minimum atomic E-state index is 0.0168. The first-order valence-corrected chi connectivity index (χ1v) is 6.25. The molecule has 0 aromatic carbocycles. The van der Waals surface area contributed by atoms with Gasteiger partial charge in [-0.2, -0.15) is 0 Å². The van der Waals surface area contributed by atoms with Crippen molar-refractivity contribution in [3.05, 3.63) is 0 Å². The maximum Gasteiger partial charge on any atom is 0.0731 e. The first-order valence-electron chi connectivity index (χ1n) is 6.25. The van der Waals surface area contributed by atoms with Gasteiger partial charge in [-0.3, -0.25) is 0 Å². The lowest BCUT2D eigenvalue weighted by Gasteiger charge is -2.61. The highest BCUT2D eigenvalue weighted by Gasteiger charge is 2.58. The molecule has 1 aliphatic carbocycles. The van der Waals surface area contributed by atoms with Crippen LogP contribution in [-0.2, 0) is 4.74 Å². The second kappa shape index (κ2) is 5.03. The van der Waals surface area contributed by atoms with E-state index in [9.17, 15) is 0 Å². The number of hydrogen-bond donors (Lipinski definition) is 1. The number of ether oxygens (including phenoxy) is 1. The molecule has 0 aromatic heterocycles. The zero-order valence-electron chi connectivity index (χ0n) is 11.4. The quantitative estimate of drug-likeness (QED) is 0.706. The van der Waals surface area contributed by atoms with Crippen molar-refractivity contribution in [1.29, 1.82) is 0 Å². The lowest BCUT2D eigenvalue weighted by Crippen LogP contribution is -2.68. The summed E-state index contributed by atoms with van der Waals surface area (Å²) in [6, 6.07) is 0.594. The monoisotopic (exact) mass is 229 g/mol. The summed E-state index contributed by atoms with van der Waals surface area (Å²) in [5.41, 5.74) is 0.221. The third-order valence-corrected chi connectivity index (χ3v) is 4.68. The molecule has 3 heteroatoms. The van der Waals surface area contributed by atoms with E-state index in [0.29, 0.717) is 12.6 Å². The fourth-order valence-electron chi connectivity index (χ4n) is 2.79. The van der Waals surface area contributed by atoms with E-state index in [2.05, 4.69) is 32.7 Å². The second-order valence-electron chi connectivity index (χ2n) is 5.79. The van der Waals surface area contributed by atoms with Crippen LogP contribution < -0.4 is 0 Å². The summed E-state index contributed by atoms with van der Waals surface area (Å²) in [4.78, 5) is 2.41. The molecule has 1 fully saturated rings. The smallest absolute Gasteiger partial charge is 0.0731 e. The Hall–Kier alpha value is -0.120. The molecule has 0 radical (unpaired) electrons. The molecule has 0 amide bonds. The van der Waals surface area contributed by atoms with Gasteiger partial charge in [0.2, 0.25) is 0 Å². The minimum absolute atomic E-state index is 0.0168. The van der Waals surface area contributed by atoms with E-state index in [1.807, 2.05) is 7.11 Å². The highest BCUT2D eigenvalue weighted by Crippen LogP contribution is 2.53. The number of unbranched alkanes of at least 4 members (excludes halogenated alkanes) is 1. The van der Waals surface area contributed by atoms with Gasteiger partial charge in [0.1, 0.15) is 0 Å². The molecule has 1 saturated carbocycles. The summed E-state index contributed by atoms with van der Waals surface area (Å²) < 4.78 is 5.63. The van der Waals surface area contributed by atoms with Crippen LogP contribution in [0.15, 0.2) is 0 Å². The largest absolute Gasteiger partial charge is 0.396 e. The molecule has 96 valence electrons. The first-order chi connectivity index (χ1) is 7.39. The van der Waals surface area contributed by atoms with Crippen molar-refractivity contribution in [2.75, 3.05) is 27.3 Å². The Balaban J connectivity index is 2.46. The molecule has 1 N–H and O–H groups in total. The summed E-state index contributed by atoms with van der Waals surface area (Å²) in [6.45, 7) is 8.14. The Morgan fingerprint density at radius 3 is 2.38 bits per heavy atom. The molecule has 2 unspecified atom stereocenters. The van der Waals surface area contributed by atoms with Gasteiger partial charge in [-0.25, -0.2) is 0 Å². The van der Waals surface area contributed by atoms with E-state index in [0.717, 1.165) is 25.8 Å². The molecule has 0 aromatic rings. The number of nitrogens with zero attached hydrogens (tertiary/aromatic N) is 1. The molecule has 16 heavy (non-hydrogen) atoms. The number of aliphatic hydroxyl groups excluding tert-OH is 1. The van der Waals surface area contributed by atoms with E-state index >= 15 is 0 Å². The molecule has 0 bridgehead atoms. The predicted octanol–water partition coefficient (Wildman–Crippen LogP) is 1.89. The molecular weight excluding hydrogens is 202 g/mol. The molecule has 3 nitrogen and oxygen atoms in total. The molecule has 0 aliphatic heterocycles. The van der Waals surface area contributed by atoms with Crippen molar-refractivity contribution >= 4 is 0 Å². The van der Waals surface area contributed by atoms with Crippen LogP contribution in [0.3, 0.4) is 0 Å². The normalized spacial score (nSPS) is 32.8. The summed E-state index contributed by atoms with van der Waals surface area (Å²) >= 11 is 0. The lowest BCUT2D eigenvalue weighted by atomic mass is 9.55. The van der Waals surface area contributed by atoms with Crippen molar-refractivity contribution in [2.45, 2.75) is 51.7 Å². The number of rotatable bonds is 6. The first kappa shape index (κ1) is 13.9. The van der Waals surface area contributed by atoms with Gasteiger partial charge < -0.3 is 14.7 Å². The van der Waals surface area contributed by atoms with Gasteiger partial charge in [-0.05, 0) is 39.8 Å². The van der Waals surface area contributed by atoms with Crippen LogP contribution in [0.1, 0.15) is 40.0 Å². The standard InChI is InChI=1S/C13H27NO2/c1-12(2)11(10-13(12,3)16-5)14(4)8-6-7-9-15/h11,15H,6-10H2,1-5H3. The molecule has 0 spiro atoms. The Labute approximate surface area is 99.8 Å². The summed E-state index contributed by atoms with van der Waals surface area (Å²) in [5.74, 6) is 0. The van der Waals surface area contributed by atoms with Gasteiger partial charge >= 0.3 is 0 Å². The molecule has 0 saturated heterocycles. The zero-order valence-corrected chi connectivity index (χ0v) is 11.4. The lowest BCUT2D eigenvalue weighted by molar-refractivity contribution is -0.205. The fraction of sp³-hybridized carbons (Fsp3) is 1.00. The Morgan fingerprint density at radius 2 is 1.94 bits per heavy atom. The molecule has 1 rings (SSSR count). The van der Waals surface area contributed by atoms with E-state index < -0.39 is 0 Å². The fourth-order valence-corrected chi connectivity index (χ4v) is 2.79. The van der Waals surface area contributed by atoms with Crippen molar-refractivity contribution in [1.82, 2.24) is 4.90 Å². The van der Waals surface area contributed by atoms with Gasteiger partial charge in [0, 0.05) is 25.2 Å². The van der Waals surface area contributed by atoms with Crippen LogP contribution in [0.2, 0.25) is 0 Å². The molecule has 2 atom stereocenters. The predicted molar refractivity (Wildman–Crippen MR) is 66.5 cm³/mol. The number of aliphatic hydroxyl groups is 1. The van der Waals surface area contributed by atoms with Crippen LogP contribution >= 0.6 is 0 Å². The van der Waals surface area contributed by atoms with E-state index in [4.69, 9.17) is 9.84 Å². The van der Waals surface area contributed by atoms with Crippen molar-refractivity contribution in [3.8, 4) is 0 Å². The van der Waals surface area contributed by atoms with Crippen LogP contribution in [0, 0.1) is 5.41 Å². The van der Waals surface area contributed by atoms with Gasteiger partial charge in [-0.15, -0.1) is 0 Å². The Morgan fingerprint density at radius 1 is 1.31 bits per heavy atom. The van der Waals surface area contributed by atoms with Crippen molar-refractivity contribution in [3.63, 3.8) is 0 Å². The SMILES string of the molecule is COC1(C)CC(N(C)CCCCO)C1(C)C. The van der Waals surface area contributed by atoms with Gasteiger partial charge in [0.15, 0.2) is 0 Å². The topological polar surface area (TPSA) is 32.7 Å². The Bertz CT molecular complexity index is 230. The van der Waals surface area contributed by atoms with E-state index in [1.165, 1.54) is 0 Å². The minimum Gasteiger partial charge on any atom is -0.396 e. The third kappa shape index (κ3) is 2.27. The summed E-state index contributed by atoms with van der Waals surface area (Å²) in [6.07, 6.45) is 3.08. The average Bonchev–Trinajstić information content (AvgIpc) is 2.25. The average molecular weight is 229 g/mol. The zero-order chi connectivity index (χ0) is 12.4. The maximum absolute atomic E-state index is 8.77. The number of hydrogen-bond acceptors (Lipinski definition) is 3. The molecule has 0 heterocycles. The van der Waals surface area contributed by atoms with Gasteiger partial charge in [0.25, 0.3) is 0 Å². The van der Waals surface area contributed by atoms with Crippen molar-refractivity contribution < 1.29 is 9.84 Å². The molecular formula is C13H27NO2. The van der Waals surface area contributed by atoms with Crippen LogP contribution in [0.4, 0.5) is 0 Å². The van der Waals surface area contributed by atoms with E-state index in [1.54, 1.807) is 0 Å². The molecule has 1 aliphatic rings. The summed E-state index contributed by atoms with van der Waals surface area (Å²) in [5, 5.41) is 8.77. The highest BCUT2D eigenvalue weighted by molar-refractivity contribution is 5.11. The number of methoxy groups -OCH3 is 1. The second-order valence-corrected chi connectivity index (χ2v) is 5.79. The van der Waals surface area contributed by atoms with Crippen LogP contribution in [0.25, 0.3) is 0 Å². The van der Waals surface area contributed by atoms with Gasteiger partial charge in [0.05, 0.1) is 5.60 Å². The van der Waals surface area contributed by atoms with Crippen molar-refractivity contribution in [2.24, 2.45) is 5.41 Å². The summed E-state index contributed by atoms with van der Waals surface area (Å²) in [7, 11) is 3.99. The maximum atomic E-state index is 8.77. The van der Waals surface area contributed by atoms with Crippen LogP contribution in [0.5, 0.6) is 0 Å². The third-order valence-electron chi connectivity index (χ3n) is 4.68.